The molecule has 1 aromatic heterocycles. The normalized spacial score (nSPS) is 10.3. The molecule has 0 atom stereocenters. The van der Waals surface area contributed by atoms with E-state index in [0.717, 1.165) is 5.01 Å². The Bertz CT molecular complexity index is 545. The van der Waals surface area contributed by atoms with E-state index in [1.807, 2.05) is 5.38 Å². The summed E-state index contributed by atoms with van der Waals surface area (Å²) in [5.41, 5.74) is 0.491. The van der Waals surface area contributed by atoms with E-state index in [2.05, 4.69) is 10.3 Å². The fourth-order valence-corrected chi connectivity index (χ4v) is 2.20. The highest BCUT2D eigenvalue weighted by Crippen LogP contribution is 2.19. The molecule has 6 heteroatoms. The van der Waals surface area contributed by atoms with E-state index < -0.39 is 5.82 Å². The Kier molecular flexibility index (Phi) is 4.28. The Morgan fingerprint density at radius 1 is 1.50 bits per heavy atom. The zero-order valence-corrected chi connectivity index (χ0v) is 10.9. The van der Waals surface area contributed by atoms with E-state index in [4.69, 9.17) is 11.6 Å². The molecule has 0 aliphatic rings. The Morgan fingerprint density at radius 3 is 3.00 bits per heavy atom. The highest BCUT2D eigenvalue weighted by molar-refractivity contribution is 7.09. The predicted molar refractivity (Wildman–Crippen MR) is 70.5 cm³/mol. The SMILES string of the molecule is O=C(CCc1nccs1)Nc1ccc(F)c(Cl)c1. The molecule has 1 heterocycles. The second kappa shape index (κ2) is 5.93. The lowest BCUT2D eigenvalue weighted by Crippen LogP contribution is -2.12. The van der Waals surface area contributed by atoms with Crippen LogP contribution in [0.15, 0.2) is 29.8 Å². The molecule has 0 saturated heterocycles. The van der Waals surface area contributed by atoms with Crippen LogP contribution in [0.4, 0.5) is 10.1 Å². The van der Waals surface area contributed by atoms with E-state index in [0.29, 0.717) is 18.5 Å². The molecule has 2 aromatic rings. The number of thiazole rings is 1. The maximum absolute atomic E-state index is 12.9. The van der Waals surface area contributed by atoms with E-state index in [1.165, 1.54) is 29.5 Å². The summed E-state index contributed by atoms with van der Waals surface area (Å²) >= 11 is 7.13. The molecule has 3 nitrogen and oxygen atoms in total. The average molecular weight is 285 g/mol. The molecule has 94 valence electrons. The zero-order chi connectivity index (χ0) is 13.0. The highest BCUT2D eigenvalue weighted by Gasteiger charge is 2.06. The number of hydrogen-bond donors (Lipinski definition) is 1. The van der Waals surface area contributed by atoms with Crippen LogP contribution in [0.2, 0.25) is 5.02 Å². The van der Waals surface area contributed by atoms with E-state index >= 15 is 0 Å². The molecule has 1 N–H and O–H groups in total. The summed E-state index contributed by atoms with van der Waals surface area (Å²) in [4.78, 5) is 15.7. The van der Waals surface area contributed by atoms with Crippen LogP contribution in [0.3, 0.4) is 0 Å². The third-order valence-electron chi connectivity index (χ3n) is 2.25. The second-order valence-corrected chi connectivity index (χ2v) is 4.99. The molecule has 1 amide bonds. The first kappa shape index (κ1) is 13.0. The first-order valence-corrected chi connectivity index (χ1v) is 6.54. The van der Waals surface area contributed by atoms with Crippen molar-refractivity contribution in [1.29, 1.82) is 0 Å². The quantitative estimate of drug-likeness (QED) is 0.933. The summed E-state index contributed by atoms with van der Waals surface area (Å²) in [5, 5.41) is 5.44. The fraction of sp³-hybridized carbons (Fsp3) is 0.167. The van der Waals surface area contributed by atoms with Gasteiger partial charge in [-0.15, -0.1) is 11.3 Å². The molecule has 0 fully saturated rings. The summed E-state index contributed by atoms with van der Waals surface area (Å²) in [6.07, 6.45) is 2.64. The molecule has 18 heavy (non-hydrogen) atoms. The largest absolute Gasteiger partial charge is 0.326 e. The number of hydrogen-bond acceptors (Lipinski definition) is 3. The number of benzene rings is 1. The van der Waals surface area contributed by atoms with Crippen molar-refractivity contribution in [3.8, 4) is 0 Å². The minimum absolute atomic E-state index is 0.00674. The number of aromatic nitrogens is 1. The van der Waals surface area contributed by atoms with E-state index in [9.17, 15) is 9.18 Å². The van der Waals surface area contributed by atoms with Crippen molar-refractivity contribution in [3.05, 3.63) is 45.6 Å². The van der Waals surface area contributed by atoms with Gasteiger partial charge in [-0.25, -0.2) is 9.37 Å². The van der Waals surface area contributed by atoms with Gasteiger partial charge in [0.05, 0.1) is 10.0 Å². The first-order valence-electron chi connectivity index (χ1n) is 5.28. The monoisotopic (exact) mass is 284 g/mol. The Labute approximate surface area is 113 Å². The van der Waals surface area contributed by atoms with E-state index in [-0.39, 0.29) is 10.9 Å². The van der Waals surface area contributed by atoms with Gasteiger partial charge in [0.1, 0.15) is 5.82 Å². The van der Waals surface area contributed by atoms with Crippen LogP contribution in [-0.2, 0) is 11.2 Å². The third kappa shape index (κ3) is 3.51. The van der Waals surface area contributed by atoms with Crippen LogP contribution in [0.5, 0.6) is 0 Å². The van der Waals surface area contributed by atoms with Gasteiger partial charge in [-0.1, -0.05) is 11.6 Å². The number of aryl methyl sites for hydroxylation is 1. The maximum Gasteiger partial charge on any atom is 0.224 e. The van der Waals surface area contributed by atoms with Crippen molar-refractivity contribution in [2.24, 2.45) is 0 Å². The van der Waals surface area contributed by atoms with Crippen LogP contribution in [0.1, 0.15) is 11.4 Å². The van der Waals surface area contributed by atoms with Crippen LogP contribution < -0.4 is 5.32 Å². The van der Waals surface area contributed by atoms with Gasteiger partial charge in [0, 0.05) is 30.1 Å². The van der Waals surface area contributed by atoms with Crippen molar-refractivity contribution in [2.45, 2.75) is 12.8 Å². The van der Waals surface area contributed by atoms with Crippen LogP contribution in [-0.4, -0.2) is 10.9 Å². The predicted octanol–water partition coefficient (Wildman–Crippen LogP) is 3.51. The topological polar surface area (TPSA) is 42.0 Å². The van der Waals surface area contributed by atoms with Gasteiger partial charge in [-0.05, 0) is 18.2 Å². The second-order valence-electron chi connectivity index (χ2n) is 3.60. The molecule has 0 radical (unpaired) electrons. The average Bonchev–Trinajstić information content (AvgIpc) is 2.84. The number of halogens is 2. The van der Waals surface area contributed by atoms with Crippen LogP contribution >= 0.6 is 22.9 Å². The number of rotatable bonds is 4. The summed E-state index contributed by atoms with van der Waals surface area (Å²) in [6, 6.07) is 4.08. The minimum atomic E-state index is -0.502. The molecule has 1 aromatic carbocycles. The fourth-order valence-electron chi connectivity index (χ4n) is 1.39. The van der Waals surface area contributed by atoms with Crippen molar-refractivity contribution in [3.63, 3.8) is 0 Å². The molecule has 2 rings (SSSR count). The molecular formula is C12H10ClFN2OS. The van der Waals surface area contributed by atoms with Gasteiger partial charge in [0.25, 0.3) is 0 Å². The summed E-state index contributed by atoms with van der Waals surface area (Å²) < 4.78 is 12.9. The van der Waals surface area contributed by atoms with E-state index in [1.54, 1.807) is 6.20 Å². The van der Waals surface area contributed by atoms with Crippen LogP contribution in [0, 0.1) is 5.82 Å². The number of nitrogens with one attached hydrogen (secondary N) is 1. The number of carbonyl (C=O) groups excluding carboxylic acids is 1. The minimum Gasteiger partial charge on any atom is -0.326 e. The number of amides is 1. The molecule has 0 saturated carbocycles. The third-order valence-corrected chi connectivity index (χ3v) is 3.38. The lowest BCUT2D eigenvalue weighted by Gasteiger charge is -2.05. The van der Waals surface area contributed by atoms with Gasteiger partial charge in [0.15, 0.2) is 0 Å². The van der Waals surface area contributed by atoms with Crippen molar-refractivity contribution < 1.29 is 9.18 Å². The Balaban J connectivity index is 1.88. The van der Waals surface area contributed by atoms with Crippen molar-refractivity contribution >= 4 is 34.5 Å². The summed E-state index contributed by atoms with van der Waals surface area (Å²) in [7, 11) is 0. The van der Waals surface area contributed by atoms with Gasteiger partial charge in [-0.3, -0.25) is 4.79 Å². The van der Waals surface area contributed by atoms with Crippen molar-refractivity contribution in [1.82, 2.24) is 4.98 Å². The van der Waals surface area contributed by atoms with Gasteiger partial charge >= 0.3 is 0 Å². The standard InChI is InChI=1S/C12H10ClFN2OS/c13-9-7-8(1-2-10(9)14)16-11(17)3-4-12-15-5-6-18-12/h1-2,5-7H,3-4H2,(H,16,17). The Morgan fingerprint density at radius 2 is 2.33 bits per heavy atom. The maximum atomic E-state index is 12.9. The lowest BCUT2D eigenvalue weighted by atomic mass is 10.2. The zero-order valence-electron chi connectivity index (χ0n) is 9.32. The lowest BCUT2D eigenvalue weighted by molar-refractivity contribution is -0.116. The summed E-state index contributed by atoms with van der Waals surface area (Å²) in [5.74, 6) is -0.648. The van der Waals surface area contributed by atoms with Crippen LogP contribution in [0.25, 0.3) is 0 Å². The summed E-state index contributed by atoms with van der Waals surface area (Å²) in [6.45, 7) is 0. The van der Waals surface area contributed by atoms with Crippen molar-refractivity contribution in [2.75, 3.05) is 5.32 Å². The molecule has 0 spiro atoms. The molecule has 0 aliphatic carbocycles. The molecule has 0 unspecified atom stereocenters. The van der Waals surface area contributed by atoms with Gasteiger partial charge in [-0.2, -0.15) is 0 Å². The number of anilines is 1. The number of nitrogens with zero attached hydrogens (tertiary/aromatic N) is 1. The molecular weight excluding hydrogens is 275 g/mol. The highest BCUT2D eigenvalue weighted by atomic mass is 35.5. The Hall–Kier alpha value is -1.46. The number of carbonyl (C=O) groups is 1. The first-order chi connectivity index (χ1) is 8.65. The van der Waals surface area contributed by atoms with Gasteiger partial charge < -0.3 is 5.32 Å². The molecule has 0 bridgehead atoms. The molecule has 0 aliphatic heterocycles. The van der Waals surface area contributed by atoms with Gasteiger partial charge in [0.2, 0.25) is 5.91 Å². The smallest absolute Gasteiger partial charge is 0.224 e.